The standard InChI is InChI=1S/C11H13F2N3/c12-7-5-9-10(6-8(7)13)16-11(15-9)3-1-2-4-14/h5-6H,1-4,14H2,(H,15,16). The van der Waals surface area contributed by atoms with Gasteiger partial charge in [0.15, 0.2) is 11.6 Å². The number of aryl methyl sites for hydroxylation is 1. The van der Waals surface area contributed by atoms with Gasteiger partial charge in [-0.25, -0.2) is 13.8 Å². The molecule has 1 aromatic carbocycles. The Morgan fingerprint density at radius 3 is 2.69 bits per heavy atom. The quantitative estimate of drug-likeness (QED) is 0.783. The van der Waals surface area contributed by atoms with E-state index in [4.69, 9.17) is 5.73 Å². The van der Waals surface area contributed by atoms with Crippen LogP contribution in [0.3, 0.4) is 0 Å². The number of halogens is 2. The van der Waals surface area contributed by atoms with Gasteiger partial charge in [0.25, 0.3) is 0 Å². The second-order valence-electron chi connectivity index (χ2n) is 3.71. The van der Waals surface area contributed by atoms with Gasteiger partial charge in [-0.2, -0.15) is 0 Å². The number of benzene rings is 1. The number of fused-ring (bicyclic) bond motifs is 1. The van der Waals surface area contributed by atoms with Crippen LogP contribution >= 0.6 is 0 Å². The fraction of sp³-hybridized carbons (Fsp3) is 0.364. The number of hydrogen-bond acceptors (Lipinski definition) is 2. The molecule has 2 aromatic rings. The monoisotopic (exact) mass is 225 g/mol. The first-order chi connectivity index (χ1) is 7.70. The van der Waals surface area contributed by atoms with Crippen LogP contribution in [0.1, 0.15) is 18.7 Å². The van der Waals surface area contributed by atoms with Crippen molar-refractivity contribution in [1.82, 2.24) is 9.97 Å². The second-order valence-corrected chi connectivity index (χ2v) is 3.71. The molecule has 0 spiro atoms. The first kappa shape index (κ1) is 11.0. The average Bonchev–Trinajstić information content (AvgIpc) is 2.61. The first-order valence-corrected chi connectivity index (χ1v) is 5.24. The second kappa shape index (κ2) is 4.57. The molecule has 3 N–H and O–H groups in total. The minimum atomic E-state index is -0.868. The summed E-state index contributed by atoms with van der Waals surface area (Å²) in [5, 5.41) is 0. The summed E-state index contributed by atoms with van der Waals surface area (Å²) < 4.78 is 25.8. The zero-order valence-electron chi connectivity index (χ0n) is 8.76. The Hall–Kier alpha value is -1.49. The lowest BCUT2D eigenvalue weighted by molar-refractivity contribution is 0.510. The Bertz CT molecular complexity index is 454. The fourth-order valence-electron chi connectivity index (χ4n) is 1.61. The Kier molecular flexibility index (Phi) is 3.14. The molecule has 0 aliphatic rings. The van der Waals surface area contributed by atoms with Crippen LogP contribution in [-0.2, 0) is 6.42 Å². The van der Waals surface area contributed by atoms with Crippen molar-refractivity contribution in [3.05, 3.63) is 29.6 Å². The van der Waals surface area contributed by atoms with Crippen LogP contribution in [0.2, 0.25) is 0 Å². The maximum Gasteiger partial charge on any atom is 0.161 e. The van der Waals surface area contributed by atoms with Crippen molar-refractivity contribution in [3.63, 3.8) is 0 Å². The molecule has 86 valence electrons. The fourth-order valence-corrected chi connectivity index (χ4v) is 1.61. The van der Waals surface area contributed by atoms with Crippen LogP contribution in [0, 0.1) is 11.6 Å². The third kappa shape index (κ3) is 2.19. The van der Waals surface area contributed by atoms with E-state index in [0.717, 1.165) is 37.2 Å². The van der Waals surface area contributed by atoms with Gasteiger partial charge in [0.05, 0.1) is 11.0 Å². The van der Waals surface area contributed by atoms with Crippen LogP contribution in [0.25, 0.3) is 11.0 Å². The third-order valence-electron chi connectivity index (χ3n) is 2.44. The molecular formula is C11H13F2N3. The van der Waals surface area contributed by atoms with E-state index in [2.05, 4.69) is 9.97 Å². The summed E-state index contributed by atoms with van der Waals surface area (Å²) in [6, 6.07) is 2.23. The lowest BCUT2D eigenvalue weighted by atomic mass is 10.2. The van der Waals surface area contributed by atoms with Crippen LogP contribution in [-0.4, -0.2) is 16.5 Å². The van der Waals surface area contributed by atoms with Gasteiger partial charge in [-0.3, -0.25) is 0 Å². The predicted octanol–water partition coefficient (Wildman–Crippen LogP) is 2.12. The number of imidazole rings is 1. The van der Waals surface area contributed by atoms with Crippen LogP contribution in [0.5, 0.6) is 0 Å². The van der Waals surface area contributed by atoms with Crippen LogP contribution in [0.4, 0.5) is 8.78 Å². The summed E-state index contributed by atoms with van der Waals surface area (Å²) in [7, 11) is 0. The summed E-state index contributed by atoms with van der Waals surface area (Å²) in [5.41, 5.74) is 6.37. The van der Waals surface area contributed by atoms with E-state index in [9.17, 15) is 8.78 Å². The maximum absolute atomic E-state index is 12.9. The molecule has 16 heavy (non-hydrogen) atoms. The maximum atomic E-state index is 12.9. The van der Waals surface area contributed by atoms with E-state index in [1.54, 1.807) is 0 Å². The normalized spacial score (nSPS) is 11.2. The first-order valence-electron chi connectivity index (χ1n) is 5.24. The molecule has 0 atom stereocenters. The van der Waals surface area contributed by atoms with E-state index in [0.29, 0.717) is 17.6 Å². The molecule has 5 heteroatoms. The average molecular weight is 225 g/mol. The van der Waals surface area contributed by atoms with Crippen molar-refractivity contribution in [2.24, 2.45) is 5.73 Å². The van der Waals surface area contributed by atoms with Gasteiger partial charge >= 0.3 is 0 Å². The van der Waals surface area contributed by atoms with Crippen molar-refractivity contribution in [2.45, 2.75) is 19.3 Å². The van der Waals surface area contributed by atoms with Gasteiger partial charge in [-0.15, -0.1) is 0 Å². The van der Waals surface area contributed by atoms with E-state index >= 15 is 0 Å². The van der Waals surface area contributed by atoms with Gasteiger partial charge in [0.1, 0.15) is 5.82 Å². The molecule has 0 aliphatic heterocycles. The number of H-pyrrole nitrogens is 1. The summed E-state index contributed by atoms with van der Waals surface area (Å²) in [6.45, 7) is 0.642. The predicted molar refractivity (Wildman–Crippen MR) is 58.0 cm³/mol. The highest BCUT2D eigenvalue weighted by atomic mass is 19.2. The Labute approximate surface area is 91.7 Å². The molecule has 0 bridgehead atoms. The van der Waals surface area contributed by atoms with E-state index in [1.165, 1.54) is 0 Å². The topological polar surface area (TPSA) is 54.7 Å². The number of nitrogens with one attached hydrogen (secondary N) is 1. The van der Waals surface area contributed by atoms with Gasteiger partial charge < -0.3 is 10.7 Å². The molecule has 0 radical (unpaired) electrons. The molecule has 0 saturated heterocycles. The number of hydrogen-bond donors (Lipinski definition) is 2. The molecular weight excluding hydrogens is 212 g/mol. The van der Waals surface area contributed by atoms with Crippen molar-refractivity contribution in [1.29, 1.82) is 0 Å². The number of unbranched alkanes of at least 4 members (excludes halogenated alkanes) is 1. The smallest absolute Gasteiger partial charge is 0.161 e. The highest BCUT2D eigenvalue weighted by molar-refractivity contribution is 5.75. The number of nitrogens with zero attached hydrogens (tertiary/aromatic N) is 1. The van der Waals surface area contributed by atoms with Gasteiger partial charge in [0, 0.05) is 18.6 Å². The SMILES string of the molecule is NCCCCc1nc2cc(F)c(F)cc2[nH]1. The zero-order valence-corrected chi connectivity index (χ0v) is 8.76. The summed E-state index contributed by atoms with van der Waals surface area (Å²) in [5.74, 6) is -0.981. The summed E-state index contributed by atoms with van der Waals surface area (Å²) in [4.78, 5) is 7.15. The van der Waals surface area contributed by atoms with E-state index < -0.39 is 11.6 Å². The molecule has 0 saturated carbocycles. The van der Waals surface area contributed by atoms with Crippen molar-refractivity contribution in [3.8, 4) is 0 Å². The minimum Gasteiger partial charge on any atom is -0.342 e. The van der Waals surface area contributed by atoms with Gasteiger partial charge in [-0.1, -0.05) is 0 Å². The van der Waals surface area contributed by atoms with E-state index in [1.807, 2.05) is 0 Å². The Morgan fingerprint density at radius 2 is 1.94 bits per heavy atom. The van der Waals surface area contributed by atoms with E-state index in [-0.39, 0.29) is 0 Å². The van der Waals surface area contributed by atoms with Crippen molar-refractivity contribution >= 4 is 11.0 Å². The highest BCUT2D eigenvalue weighted by Gasteiger charge is 2.08. The van der Waals surface area contributed by atoms with Crippen LogP contribution < -0.4 is 5.73 Å². The summed E-state index contributed by atoms with van der Waals surface area (Å²) >= 11 is 0. The highest BCUT2D eigenvalue weighted by Crippen LogP contribution is 2.16. The van der Waals surface area contributed by atoms with Crippen molar-refractivity contribution in [2.75, 3.05) is 6.54 Å². The minimum absolute atomic E-state index is 0.460. The molecule has 0 amide bonds. The summed E-state index contributed by atoms with van der Waals surface area (Å²) in [6.07, 6.45) is 2.58. The lowest BCUT2D eigenvalue weighted by Crippen LogP contribution is -1.99. The van der Waals surface area contributed by atoms with Crippen LogP contribution in [0.15, 0.2) is 12.1 Å². The molecule has 3 nitrogen and oxygen atoms in total. The van der Waals surface area contributed by atoms with Gasteiger partial charge in [0.2, 0.25) is 0 Å². The third-order valence-corrected chi connectivity index (χ3v) is 2.44. The Balaban J connectivity index is 2.23. The number of aromatic nitrogens is 2. The molecule has 2 rings (SSSR count). The molecule has 0 unspecified atom stereocenters. The molecule has 0 fully saturated rings. The van der Waals surface area contributed by atoms with Crippen molar-refractivity contribution < 1.29 is 8.78 Å². The molecule has 1 aromatic heterocycles. The Morgan fingerprint density at radius 1 is 1.19 bits per heavy atom. The lowest BCUT2D eigenvalue weighted by Gasteiger charge is -1.93. The number of rotatable bonds is 4. The molecule has 0 aliphatic carbocycles. The number of aromatic amines is 1. The van der Waals surface area contributed by atoms with Gasteiger partial charge in [-0.05, 0) is 19.4 Å². The largest absolute Gasteiger partial charge is 0.342 e. The number of nitrogens with two attached hydrogens (primary N) is 1. The molecule has 1 heterocycles. The zero-order chi connectivity index (χ0) is 11.5.